The van der Waals surface area contributed by atoms with Crippen molar-refractivity contribution < 1.29 is 4.74 Å². The number of nitrogens with one attached hydrogen (secondary N) is 2. The molecule has 0 unspecified atom stereocenters. The normalized spacial score (nSPS) is 21.8. The van der Waals surface area contributed by atoms with Crippen molar-refractivity contribution in [1.29, 1.82) is 0 Å². The van der Waals surface area contributed by atoms with E-state index in [2.05, 4.69) is 62.6 Å². The fourth-order valence-corrected chi connectivity index (χ4v) is 5.08. The number of anilines is 4. The van der Waals surface area contributed by atoms with Crippen LogP contribution in [0, 0.1) is 6.92 Å². The Bertz CT molecular complexity index is 1160. The number of piperazine rings is 1. The lowest BCUT2D eigenvalue weighted by Gasteiger charge is -2.34. The van der Waals surface area contributed by atoms with Crippen LogP contribution in [0.15, 0.2) is 42.7 Å². The molecular weight excluding hydrogens is 402 g/mol. The highest BCUT2D eigenvalue weighted by atomic mass is 16.5. The Morgan fingerprint density at radius 1 is 1.12 bits per heavy atom. The fourth-order valence-electron chi connectivity index (χ4n) is 5.08. The lowest BCUT2D eigenvalue weighted by atomic mass is 10.1. The number of aromatic nitrogens is 3. The summed E-state index contributed by atoms with van der Waals surface area (Å²) in [6, 6.07) is 11.7. The number of ether oxygens (including phenoxy) is 1. The first kappa shape index (κ1) is 19.3. The van der Waals surface area contributed by atoms with Gasteiger partial charge >= 0.3 is 0 Å². The van der Waals surface area contributed by atoms with Gasteiger partial charge in [-0.1, -0.05) is 0 Å². The summed E-state index contributed by atoms with van der Waals surface area (Å²) in [5.41, 5.74) is 5.29. The molecule has 2 atom stereocenters. The van der Waals surface area contributed by atoms with Crippen molar-refractivity contribution in [2.45, 2.75) is 25.4 Å². The van der Waals surface area contributed by atoms with Gasteiger partial charge in [0.1, 0.15) is 6.61 Å². The number of aryl methyl sites for hydroxylation is 1. The first-order valence-electron chi connectivity index (χ1n) is 11.2. The van der Waals surface area contributed by atoms with Gasteiger partial charge in [-0.05, 0) is 56.3 Å². The molecule has 5 heterocycles. The van der Waals surface area contributed by atoms with Crippen LogP contribution in [-0.4, -0.2) is 65.2 Å². The maximum Gasteiger partial charge on any atom is 0.227 e. The van der Waals surface area contributed by atoms with Crippen LogP contribution in [0.2, 0.25) is 0 Å². The van der Waals surface area contributed by atoms with Gasteiger partial charge in [0.2, 0.25) is 5.95 Å². The minimum atomic E-state index is 0.563. The van der Waals surface area contributed by atoms with Crippen LogP contribution in [0.25, 0.3) is 11.3 Å². The second-order valence-corrected chi connectivity index (χ2v) is 8.87. The first-order valence-corrected chi connectivity index (χ1v) is 11.2. The van der Waals surface area contributed by atoms with Crippen molar-refractivity contribution in [2.24, 2.45) is 0 Å². The molecule has 164 valence electrons. The Morgan fingerprint density at radius 3 is 2.88 bits per heavy atom. The lowest BCUT2D eigenvalue weighted by molar-refractivity contribution is 0.292. The molecule has 2 bridgehead atoms. The van der Waals surface area contributed by atoms with E-state index >= 15 is 0 Å². The third-order valence-electron chi connectivity index (χ3n) is 6.73. The second-order valence-electron chi connectivity index (χ2n) is 8.87. The van der Waals surface area contributed by atoms with Crippen LogP contribution < -0.4 is 20.3 Å². The first-order chi connectivity index (χ1) is 15.6. The molecule has 0 aliphatic carbocycles. The van der Waals surface area contributed by atoms with Gasteiger partial charge in [0, 0.05) is 54.5 Å². The topological polar surface area (TPSA) is 78.4 Å². The molecule has 2 N–H and O–H groups in total. The van der Waals surface area contributed by atoms with Crippen LogP contribution in [0.5, 0.6) is 5.75 Å². The Kier molecular flexibility index (Phi) is 4.61. The highest BCUT2D eigenvalue weighted by molar-refractivity contribution is 5.68. The van der Waals surface area contributed by atoms with Crippen molar-refractivity contribution in [3.63, 3.8) is 0 Å². The number of hydrogen-bond acceptors (Lipinski definition) is 8. The molecule has 0 amide bonds. The number of hydrogen-bond donors (Lipinski definition) is 2. The third kappa shape index (κ3) is 3.40. The Hall–Kier alpha value is -3.39. The highest BCUT2D eigenvalue weighted by Crippen LogP contribution is 2.36. The quantitative estimate of drug-likeness (QED) is 0.654. The predicted molar refractivity (Wildman–Crippen MR) is 126 cm³/mol. The van der Waals surface area contributed by atoms with Gasteiger partial charge in [-0.3, -0.25) is 4.90 Å². The van der Waals surface area contributed by atoms with E-state index in [-0.39, 0.29) is 0 Å². The van der Waals surface area contributed by atoms with Crippen LogP contribution in [0.3, 0.4) is 0 Å². The van der Waals surface area contributed by atoms with E-state index in [0.29, 0.717) is 24.6 Å². The Labute approximate surface area is 187 Å². The summed E-state index contributed by atoms with van der Waals surface area (Å²) in [4.78, 5) is 18.6. The fraction of sp³-hybridized carbons (Fsp3) is 0.375. The van der Waals surface area contributed by atoms with Gasteiger partial charge in [0.05, 0.1) is 12.2 Å². The van der Waals surface area contributed by atoms with E-state index in [4.69, 9.17) is 9.72 Å². The minimum absolute atomic E-state index is 0.563. The zero-order chi connectivity index (χ0) is 21.7. The molecule has 3 aliphatic rings. The number of rotatable bonds is 4. The lowest BCUT2D eigenvalue weighted by Crippen LogP contribution is -2.44. The summed E-state index contributed by atoms with van der Waals surface area (Å²) < 4.78 is 5.71. The molecule has 2 saturated heterocycles. The van der Waals surface area contributed by atoms with E-state index in [9.17, 15) is 0 Å². The summed E-state index contributed by atoms with van der Waals surface area (Å²) in [7, 11) is 2.24. The predicted octanol–water partition coefficient (Wildman–Crippen LogP) is 3.29. The Balaban J connectivity index is 1.21. The van der Waals surface area contributed by atoms with Crippen molar-refractivity contribution in [3.05, 3.63) is 48.3 Å². The van der Waals surface area contributed by atoms with Gasteiger partial charge in [0.15, 0.2) is 11.6 Å². The van der Waals surface area contributed by atoms with Crippen molar-refractivity contribution >= 4 is 23.1 Å². The van der Waals surface area contributed by atoms with Gasteiger partial charge in [-0.15, -0.1) is 0 Å². The average molecular weight is 430 g/mol. The standard InChI is InChI=1S/C24H27N7O/c1-15-9-17(3-4-21(15)31-14-18-11-19(31)13-30(18)2)28-24-26-6-5-20(29-24)16-10-22-23(27-12-16)25-7-8-32-22/h3-6,9-10,12,18-19H,7-8,11,13-14H2,1-2H3,(H,25,27)(H,26,28,29)/t18-,19-/m0/s1. The smallest absolute Gasteiger partial charge is 0.227 e. The molecule has 2 fully saturated rings. The van der Waals surface area contributed by atoms with E-state index in [0.717, 1.165) is 48.1 Å². The van der Waals surface area contributed by atoms with Gasteiger partial charge in [-0.2, -0.15) is 0 Å². The van der Waals surface area contributed by atoms with Crippen molar-refractivity contribution in [2.75, 3.05) is 48.8 Å². The monoisotopic (exact) mass is 429 g/mol. The number of pyridine rings is 1. The number of likely N-dealkylation sites (tertiary alicyclic amines) is 1. The van der Waals surface area contributed by atoms with Gasteiger partial charge in [0.25, 0.3) is 0 Å². The number of likely N-dealkylation sites (N-methyl/N-ethyl adjacent to an activating group) is 1. The maximum absolute atomic E-state index is 5.71. The van der Waals surface area contributed by atoms with E-state index in [1.54, 1.807) is 6.20 Å². The minimum Gasteiger partial charge on any atom is -0.488 e. The molecule has 2 aromatic heterocycles. The van der Waals surface area contributed by atoms with Crippen molar-refractivity contribution in [3.8, 4) is 17.0 Å². The summed E-state index contributed by atoms with van der Waals surface area (Å²) in [5, 5.41) is 6.60. The molecule has 8 nitrogen and oxygen atoms in total. The number of nitrogens with zero attached hydrogens (tertiary/aromatic N) is 5. The zero-order valence-corrected chi connectivity index (χ0v) is 18.4. The molecule has 6 rings (SSSR count). The highest BCUT2D eigenvalue weighted by Gasteiger charge is 2.41. The molecule has 3 aliphatic heterocycles. The number of benzene rings is 1. The summed E-state index contributed by atoms with van der Waals surface area (Å²) in [6.45, 7) is 5.87. The van der Waals surface area contributed by atoms with E-state index < -0.39 is 0 Å². The van der Waals surface area contributed by atoms with Crippen LogP contribution >= 0.6 is 0 Å². The third-order valence-corrected chi connectivity index (χ3v) is 6.73. The van der Waals surface area contributed by atoms with Crippen LogP contribution in [0.1, 0.15) is 12.0 Å². The summed E-state index contributed by atoms with van der Waals surface area (Å²) >= 11 is 0. The zero-order valence-electron chi connectivity index (χ0n) is 18.4. The van der Waals surface area contributed by atoms with Crippen LogP contribution in [-0.2, 0) is 0 Å². The van der Waals surface area contributed by atoms with Crippen molar-refractivity contribution in [1.82, 2.24) is 19.9 Å². The molecule has 3 aromatic rings. The SMILES string of the molecule is Cc1cc(Nc2nccc(-c3cnc4c(c3)OCCN4)n2)ccc1N1C[C@@H]2C[C@H]1CN2C. The molecule has 0 radical (unpaired) electrons. The molecule has 1 aromatic carbocycles. The van der Waals surface area contributed by atoms with Gasteiger partial charge < -0.3 is 20.3 Å². The summed E-state index contributed by atoms with van der Waals surface area (Å²) in [5.74, 6) is 2.10. The summed E-state index contributed by atoms with van der Waals surface area (Å²) in [6.07, 6.45) is 4.85. The van der Waals surface area contributed by atoms with Gasteiger partial charge in [-0.25, -0.2) is 15.0 Å². The Morgan fingerprint density at radius 2 is 2.06 bits per heavy atom. The molecule has 8 heteroatoms. The second kappa shape index (κ2) is 7.63. The largest absolute Gasteiger partial charge is 0.488 e. The van der Waals surface area contributed by atoms with E-state index in [1.165, 1.54) is 17.7 Å². The molecular formula is C24H27N7O. The van der Waals surface area contributed by atoms with Crippen LogP contribution in [0.4, 0.5) is 23.1 Å². The number of fused-ring (bicyclic) bond motifs is 3. The molecule has 0 saturated carbocycles. The van der Waals surface area contributed by atoms with E-state index in [1.807, 2.05) is 18.3 Å². The maximum atomic E-state index is 5.71. The molecule has 32 heavy (non-hydrogen) atoms. The molecule has 0 spiro atoms. The average Bonchev–Trinajstić information content (AvgIpc) is 3.39.